The highest BCUT2D eigenvalue weighted by Gasteiger charge is 2.02. The molecule has 0 spiro atoms. The highest BCUT2D eigenvalue weighted by Crippen LogP contribution is 2.09. The Morgan fingerprint density at radius 3 is 2.44 bits per heavy atom. The van der Waals surface area contributed by atoms with E-state index in [-0.39, 0.29) is 29.8 Å². The number of hydrogen-bond acceptors (Lipinski definition) is 3. The van der Waals surface area contributed by atoms with Gasteiger partial charge in [-0.1, -0.05) is 18.2 Å². The molecule has 0 bridgehead atoms. The van der Waals surface area contributed by atoms with Crippen molar-refractivity contribution < 1.29 is 8.81 Å². The minimum atomic E-state index is -0.209. The van der Waals surface area contributed by atoms with E-state index in [4.69, 9.17) is 4.42 Å². The van der Waals surface area contributed by atoms with Gasteiger partial charge in [-0.3, -0.25) is 0 Å². The zero-order valence-electron chi connectivity index (χ0n) is 14.9. The molecule has 1 aromatic carbocycles. The molecule has 0 atom stereocenters. The fraction of sp³-hybridized carbons (Fsp3) is 0.250. The van der Waals surface area contributed by atoms with Gasteiger partial charge in [-0.2, -0.15) is 0 Å². The summed E-state index contributed by atoms with van der Waals surface area (Å²) in [6, 6.07) is 14.6. The smallest absolute Gasteiger partial charge is 0.191 e. The molecule has 7 heteroatoms. The van der Waals surface area contributed by atoms with Gasteiger partial charge in [0.15, 0.2) is 5.96 Å². The van der Waals surface area contributed by atoms with E-state index in [2.05, 4.69) is 27.1 Å². The molecule has 27 heavy (non-hydrogen) atoms. The number of rotatable bonds is 8. The first-order valence-corrected chi connectivity index (χ1v) is 9.49. The molecule has 2 heterocycles. The minimum absolute atomic E-state index is 0. The van der Waals surface area contributed by atoms with E-state index in [1.807, 2.05) is 30.3 Å². The van der Waals surface area contributed by atoms with Gasteiger partial charge in [0.25, 0.3) is 0 Å². The molecular weight excluding hydrogens is 476 g/mol. The van der Waals surface area contributed by atoms with Crippen LogP contribution in [0.3, 0.4) is 0 Å². The van der Waals surface area contributed by atoms with E-state index in [1.54, 1.807) is 17.6 Å². The average Bonchev–Trinajstić information content (AvgIpc) is 3.35. The third-order valence-electron chi connectivity index (χ3n) is 3.84. The number of hydrogen-bond donors (Lipinski definition) is 2. The van der Waals surface area contributed by atoms with Gasteiger partial charge in [-0.15, -0.1) is 35.3 Å². The highest BCUT2D eigenvalue weighted by molar-refractivity contribution is 14.0. The van der Waals surface area contributed by atoms with E-state index < -0.39 is 0 Å². The standard InChI is InChI=1S/C20H22FN3OS.HI/c21-17-7-5-16(6-8-17)9-11-22-20(24-15-19-4-2-14-26-19)23-12-10-18-3-1-13-25-18;/h1-8,13-14H,9-12,15H2,(H2,22,23,24);1H. The summed E-state index contributed by atoms with van der Waals surface area (Å²) < 4.78 is 18.3. The van der Waals surface area contributed by atoms with Crippen molar-refractivity contribution in [3.05, 3.63) is 82.2 Å². The minimum Gasteiger partial charge on any atom is -0.469 e. The summed E-state index contributed by atoms with van der Waals surface area (Å²) in [4.78, 5) is 5.86. The van der Waals surface area contributed by atoms with Crippen LogP contribution in [0.4, 0.5) is 4.39 Å². The lowest BCUT2D eigenvalue weighted by Gasteiger charge is -2.12. The quantitative estimate of drug-likeness (QED) is 0.270. The van der Waals surface area contributed by atoms with Crippen molar-refractivity contribution in [2.24, 2.45) is 4.99 Å². The zero-order valence-corrected chi connectivity index (χ0v) is 18.0. The Morgan fingerprint density at radius 1 is 1.00 bits per heavy atom. The van der Waals surface area contributed by atoms with Crippen molar-refractivity contribution in [3.63, 3.8) is 0 Å². The molecule has 3 aromatic rings. The van der Waals surface area contributed by atoms with E-state index in [0.29, 0.717) is 6.54 Å². The van der Waals surface area contributed by atoms with Crippen LogP contribution in [-0.4, -0.2) is 19.0 Å². The molecule has 144 valence electrons. The second kappa shape index (κ2) is 11.8. The van der Waals surface area contributed by atoms with Crippen LogP contribution in [0.15, 0.2) is 69.6 Å². The molecule has 0 unspecified atom stereocenters. The van der Waals surface area contributed by atoms with Gasteiger partial charge in [0, 0.05) is 24.4 Å². The zero-order chi connectivity index (χ0) is 18.0. The maximum atomic E-state index is 13.0. The van der Waals surface area contributed by atoms with Crippen LogP contribution in [0.2, 0.25) is 0 Å². The van der Waals surface area contributed by atoms with Crippen LogP contribution < -0.4 is 10.6 Å². The predicted octanol–water partition coefficient (Wildman–Crippen LogP) is 4.62. The van der Waals surface area contributed by atoms with Gasteiger partial charge in [0.1, 0.15) is 11.6 Å². The lowest BCUT2D eigenvalue weighted by atomic mass is 10.1. The van der Waals surface area contributed by atoms with Gasteiger partial charge in [-0.05, 0) is 47.7 Å². The van der Waals surface area contributed by atoms with E-state index in [9.17, 15) is 4.39 Å². The van der Waals surface area contributed by atoms with Crippen LogP contribution in [0, 0.1) is 5.82 Å². The average molecular weight is 499 g/mol. The largest absolute Gasteiger partial charge is 0.469 e. The Balaban J connectivity index is 0.00000261. The molecule has 0 aliphatic rings. The first kappa shape index (κ1) is 21.4. The van der Waals surface area contributed by atoms with Crippen molar-refractivity contribution in [3.8, 4) is 0 Å². The maximum absolute atomic E-state index is 13.0. The third-order valence-corrected chi connectivity index (χ3v) is 4.70. The molecule has 0 aliphatic heterocycles. The fourth-order valence-corrected chi connectivity index (χ4v) is 3.10. The summed E-state index contributed by atoms with van der Waals surface area (Å²) in [5.41, 5.74) is 1.09. The van der Waals surface area contributed by atoms with Crippen LogP contribution >= 0.6 is 35.3 Å². The third kappa shape index (κ3) is 7.72. The van der Waals surface area contributed by atoms with Crippen molar-refractivity contribution in [2.75, 3.05) is 13.1 Å². The number of aliphatic imine (C=N–C) groups is 1. The van der Waals surface area contributed by atoms with Crippen LogP contribution in [-0.2, 0) is 19.4 Å². The molecule has 0 amide bonds. The number of thiophene rings is 1. The number of nitrogens with zero attached hydrogens (tertiary/aromatic N) is 1. The molecule has 3 rings (SSSR count). The summed E-state index contributed by atoms with van der Waals surface area (Å²) in [6.45, 7) is 2.10. The summed E-state index contributed by atoms with van der Waals surface area (Å²) in [5.74, 6) is 1.51. The molecule has 4 nitrogen and oxygen atoms in total. The Kier molecular flexibility index (Phi) is 9.34. The number of furan rings is 1. The van der Waals surface area contributed by atoms with E-state index in [0.717, 1.165) is 43.2 Å². The van der Waals surface area contributed by atoms with Crippen LogP contribution in [0.25, 0.3) is 0 Å². The topological polar surface area (TPSA) is 49.6 Å². The van der Waals surface area contributed by atoms with Crippen molar-refractivity contribution in [1.29, 1.82) is 0 Å². The SMILES string of the molecule is Fc1ccc(CCNC(=NCc2cccs2)NCCc2ccco2)cc1.I. The lowest BCUT2D eigenvalue weighted by molar-refractivity contribution is 0.506. The number of nitrogens with one attached hydrogen (secondary N) is 2. The number of guanidine groups is 1. The fourth-order valence-electron chi connectivity index (χ4n) is 2.47. The lowest BCUT2D eigenvalue weighted by Crippen LogP contribution is -2.39. The van der Waals surface area contributed by atoms with Crippen molar-refractivity contribution >= 4 is 41.3 Å². The monoisotopic (exact) mass is 499 g/mol. The molecule has 2 N–H and O–H groups in total. The number of benzene rings is 1. The van der Waals surface area contributed by atoms with Gasteiger partial charge in [0.2, 0.25) is 0 Å². The van der Waals surface area contributed by atoms with Gasteiger partial charge in [0.05, 0.1) is 12.8 Å². The second-order valence-corrected chi connectivity index (χ2v) is 6.84. The molecular formula is C20H23FIN3OS. The van der Waals surface area contributed by atoms with Crippen LogP contribution in [0.5, 0.6) is 0 Å². The van der Waals surface area contributed by atoms with Gasteiger partial charge in [-0.25, -0.2) is 9.38 Å². The predicted molar refractivity (Wildman–Crippen MR) is 119 cm³/mol. The Labute approximate surface area is 179 Å². The van der Waals surface area contributed by atoms with Gasteiger partial charge < -0.3 is 15.1 Å². The maximum Gasteiger partial charge on any atom is 0.191 e. The normalized spacial score (nSPS) is 11.1. The van der Waals surface area contributed by atoms with Crippen molar-refractivity contribution in [1.82, 2.24) is 10.6 Å². The summed E-state index contributed by atoms with van der Waals surface area (Å²) >= 11 is 1.70. The van der Waals surface area contributed by atoms with Gasteiger partial charge >= 0.3 is 0 Å². The van der Waals surface area contributed by atoms with E-state index in [1.165, 1.54) is 17.0 Å². The van der Waals surface area contributed by atoms with Crippen LogP contribution in [0.1, 0.15) is 16.2 Å². The second-order valence-electron chi connectivity index (χ2n) is 5.80. The molecule has 2 aromatic heterocycles. The van der Waals surface area contributed by atoms with E-state index >= 15 is 0 Å². The Hall–Kier alpha value is -1.87. The first-order valence-electron chi connectivity index (χ1n) is 8.61. The molecule has 0 fully saturated rings. The van der Waals surface area contributed by atoms with Crippen molar-refractivity contribution in [2.45, 2.75) is 19.4 Å². The molecule has 0 saturated heterocycles. The Morgan fingerprint density at radius 2 is 1.78 bits per heavy atom. The first-order chi connectivity index (χ1) is 12.8. The molecule has 0 saturated carbocycles. The highest BCUT2D eigenvalue weighted by atomic mass is 127. The summed E-state index contributed by atoms with van der Waals surface area (Å²) in [6.07, 6.45) is 3.28. The Bertz CT molecular complexity index is 789. The number of halogens is 2. The molecule has 0 radical (unpaired) electrons. The summed E-state index contributed by atoms with van der Waals surface area (Å²) in [5, 5.41) is 8.74. The molecule has 0 aliphatic carbocycles. The summed E-state index contributed by atoms with van der Waals surface area (Å²) in [7, 11) is 0.